The maximum Gasteiger partial charge on any atom is 0.272 e. The summed E-state index contributed by atoms with van der Waals surface area (Å²) >= 11 is 1.20. The van der Waals surface area contributed by atoms with Crippen molar-refractivity contribution in [3.8, 4) is 0 Å². The van der Waals surface area contributed by atoms with Crippen LogP contribution in [0.4, 0.5) is 0 Å². The molecule has 0 saturated carbocycles. The second-order valence-electron chi connectivity index (χ2n) is 4.53. The molecule has 1 amide bonds. The van der Waals surface area contributed by atoms with E-state index in [0.717, 1.165) is 25.9 Å². The third-order valence-electron chi connectivity index (χ3n) is 3.08. The number of nitrogens with zero attached hydrogens (tertiary/aromatic N) is 2. The van der Waals surface area contributed by atoms with Gasteiger partial charge in [-0.25, -0.2) is 0 Å². The van der Waals surface area contributed by atoms with Crippen LogP contribution in [0.1, 0.15) is 30.3 Å². The summed E-state index contributed by atoms with van der Waals surface area (Å²) in [4.78, 5) is 11.7. The lowest BCUT2D eigenvalue weighted by atomic mass is 9.81. The van der Waals surface area contributed by atoms with Crippen molar-refractivity contribution < 1.29 is 4.79 Å². The maximum absolute atomic E-state index is 11.7. The molecular weight excluding hydrogens is 260 g/mol. The smallest absolute Gasteiger partial charge is 0.272 e. The second-order valence-corrected chi connectivity index (χ2v) is 5.14. The highest BCUT2D eigenvalue weighted by atomic mass is 35.5. The molecule has 1 saturated heterocycles. The van der Waals surface area contributed by atoms with E-state index in [9.17, 15) is 4.79 Å². The fraction of sp³-hybridized carbons (Fsp3) is 0.700. The van der Waals surface area contributed by atoms with Gasteiger partial charge < -0.3 is 10.6 Å². The normalized spacial score (nSPS) is 18.2. The van der Waals surface area contributed by atoms with Crippen LogP contribution in [-0.4, -0.2) is 35.1 Å². The third kappa shape index (κ3) is 3.90. The van der Waals surface area contributed by atoms with E-state index in [1.807, 2.05) is 0 Å². The van der Waals surface area contributed by atoms with E-state index in [0.29, 0.717) is 12.2 Å². The van der Waals surface area contributed by atoms with Crippen LogP contribution in [0.5, 0.6) is 0 Å². The predicted octanol–water partition coefficient (Wildman–Crippen LogP) is 1.08. The molecular formula is C10H17ClN4OS. The van der Waals surface area contributed by atoms with Crippen LogP contribution in [0.15, 0.2) is 5.38 Å². The topological polar surface area (TPSA) is 66.9 Å². The number of carbonyl (C=O) groups is 1. The molecule has 2 heterocycles. The van der Waals surface area contributed by atoms with Crippen LogP contribution < -0.4 is 10.6 Å². The maximum atomic E-state index is 11.7. The summed E-state index contributed by atoms with van der Waals surface area (Å²) in [6.07, 6.45) is 2.20. The van der Waals surface area contributed by atoms with Crippen LogP contribution in [0, 0.1) is 5.41 Å². The highest BCUT2D eigenvalue weighted by Gasteiger charge is 2.27. The van der Waals surface area contributed by atoms with Gasteiger partial charge in [0.05, 0.1) is 0 Å². The molecule has 0 radical (unpaired) electrons. The van der Waals surface area contributed by atoms with E-state index in [-0.39, 0.29) is 23.7 Å². The van der Waals surface area contributed by atoms with Gasteiger partial charge in [0.1, 0.15) is 0 Å². The van der Waals surface area contributed by atoms with Gasteiger partial charge in [-0.3, -0.25) is 4.79 Å². The minimum absolute atomic E-state index is 0. The Morgan fingerprint density at radius 2 is 2.29 bits per heavy atom. The van der Waals surface area contributed by atoms with E-state index >= 15 is 0 Å². The first kappa shape index (κ1) is 14.3. The van der Waals surface area contributed by atoms with Crippen LogP contribution in [0.25, 0.3) is 0 Å². The predicted molar refractivity (Wildman–Crippen MR) is 69.7 cm³/mol. The minimum Gasteiger partial charge on any atom is -0.350 e. The van der Waals surface area contributed by atoms with Crippen LogP contribution in [-0.2, 0) is 0 Å². The van der Waals surface area contributed by atoms with Crippen LogP contribution >= 0.6 is 23.9 Å². The molecule has 1 aromatic heterocycles. The van der Waals surface area contributed by atoms with Gasteiger partial charge >= 0.3 is 0 Å². The van der Waals surface area contributed by atoms with Crippen molar-refractivity contribution in [2.45, 2.75) is 19.8 Å². The summed E-state index contributed by atoms with van der Waals surface area (Å²) in [6.45, 7) is 4.99. The summed E-state index contributed by atoms with van der Waals surface area (Å²) < 4.78 is 3.68. The Labute approximate surface area is 111 Å². The summed E-state index contributed by atoms with van der Waals surface area (Å²) in [5.74, 6) is -0.117. The monoisotopic (exact) mass is 276 g/mol. The van der Waals surface area contributed by atoms with Gasteiger partial charge in [0.2, 0.25) is 0 Å². The van der Waals surface area contributed by atoms with Gasteiger partial charge in [-0.05, 0) is 42.9 Å². The molecule has 1 aliphatic rings. The number of carbonyl (C=O) groups excluding carboxylic acids is 1. The van der Waals surface area contributed by atoms with Gasteiger partial charge in [-0.1, -0.05) is 11.4 Å². The van der Waals surface area contributed by atoms with E-state index < -0.39 is 0 Å². The van der Waals surface area contributed by atoms with E-state index in [1.54, 1.807) is 5.38 Å². The molecule has 96 valence electrons. The summed E-state index contributed by atoms with van der Waals surface area (Å²) in [5, 5.41) is 11.7. The fourth-order valence-electron chi connectivity index (χ4n) is 1.85. The summed E-state index contributed by atoms with van der Waals surface area (Å²) in [7, 11) is 0. The largest absolute Gasteiger partial charge is 0.350 e. The van der Waals surface area contributed by atoms with Gasteiger partial charge in [0.25, 0.3) is 5.91 Å². The Balaban J connectivity index is 0.00000144. The molecule has 0 bridgehead atoms. The van der Waals surface area contributed by atoms with Gasteiger partial charge in [-0.2, -0.15) is 0 Å². The summed E-state index contributed by atoms with van der Waals surface area (Å²) in [6, 6.07) is 0. The average Bonchev–Trinajstić information content (AvgIpc) is 2.80. The lowest BCUT2D eigenvalue weighted by Gasteiger charge is -2.33. The number of nitrogens with one attached hydrogen (secondary N) is 2. The zero-order valence-electron chi connectivity index (χ0n) is 9.73. The molecule has 0 spiro atoms. The molecule has 7 heteroatoms. The van der Waals surface area contributed by atoms with Crippen molar-refractivity contribution in [2.24, 2.45) is 5.41 Å². The number of aromatic nitrogens is 2. The number of amides is 1. The van der Waals surface area contributed by atoms with Crippen molar-refractivity contribution in [3.63, 3.8) is 0 Å². The molecule has 1 fully saturated rings. The number of rotatable bonds is 3. The molecule has 2 N–H and O–H groups in total. The van der Waals surface area contributed by atoms with Crippen LogP contribution in [0.3, 0.4) is 0 Å². The third-order valence-corrected chi connectivity index (χ3v) is 3.58. The zero-order chi connectivity index (χ0) is 11.4. The lowest BCUT2D eigenvalue weighted by Crippen LogP contribution is -2.42. The Morgan fingerprint density at radius 1 is 1.59 bits per heavy atom. The van der Waals surface area contributed by atoms with Crippen molar-refractivity contribution in [2.75, 3.05) is 19.6 Å². The Hall–Kier alpha value is -0.720. The quantitative estimate of drug-likeness (QED) is 0.867. The standard InChI is InChI=1S/C10H16N4OS.ClH/c1-10(2-4-11-5-3-10)7-12-9(15)8-6-16-14-13-8;/h6,11H,2-5,7H2,1H3,(H,12,15);1H. The van der Waals surface area contributed by atoms with Crippen molar-refractivity contribution in [3.05, 3.63) is 11.1 Å². The first-order chi connectivity index (χ1) is 7.70. The molecule has 1 aliphatic heterocycles. The van der Waals surface area contributed by atoms with Crippen molar-refractivity contribution in [1.29, 1.82) is 0 Å². The molecule has 5 nitrogen and oxygen atoms in total. The van der Waals surface area contributed by atoms with Crippen LogP contribution in [0.2, 0.25) is 0 Å². The van der Waals surface area contributed by atoms with Gasteiger partial charge in [0.15, 0.2) is 5.69 Å². The molecule has 1 aromatic rings. The molecule has 0 aliphatic carbocycles. The number of hydrogen-bond donors (Lipinski definition) is 2. The minimum atomic E-state index is -0.117. The molecule has 0 unspecified atom stereocenters. The molecule has 0 aromatic carbocycles. The molecule has 2 rings (SSSR count). The van der Waals surface area contributed by atoms with Crippen molar-refractivity contribution in [1.82, 2.24) is 20.2 Å². The first-order valence-corrected chi connectivity index (χ1v) is 6.29. The molecule has 17 heavy (non-hydrogen) atoms. The number of piperidine rings is 1. The van der Waals surface area contributed by atoms with Gasteiger partial charge in [0, 0.05) is 11.9 Å². The Morgan fingerprint density at radius 3 is 2.88 bits per heavy atom. The number of hydrogen-bond acceptors (Lipinski definition) is 5. The Kier molecular flexibility index (Phi) is 5.30. The highest BCUT2D eigenvalue weighted by molar-refractivity contribution is 7.03. The van der Waals surface area contributed by atoms with E-state index in [1.165, 1.54) is 11.5 Å². The SMILES string of the molecule is CC1(CNC(=O)c2csnn2)CCNCC1.Cl. The van der Waals surface area contributed by atoms with E-state index in [2.05, 4.69) is 27.1 Å². The molecule has 0 atom stereocenters. The highest BCUT2D eigenvalue weighted by Crippen LogP contribution is 2.26. The van der Waals surface area contributed by atoms with Crippen molar-refractivity contribution >= 4 is 29.8 Å². The Bertz CT molecular complexity index is 351. The second kappa shape index (κ2) is 6.28. The average molecular weight is 277 g/mol. The lowest BCUT2D eigenvalue weighted by molar-refractivity contribution is 0.0917. The summed E-state index contributed by atoms with van der Waals surface area (Å²) in [5.41, 5.74) is 0.632. The number of halogens is 1. The first-order valence-electron chi connectivity index (χ1n) is 5.46. The fourth-order valence-corrected chi connectivity index (χ4v) is 2.29. The van der Waals surface area contributed by atoms with E-state index in [4.69, 9.17) is 0 Å². The van der Waals surface area contributed by atoms with Gasteiger partial charge in [-0.15, -0.1) is 17.5 Å². The zero-order valence-corrected chi connectivity index (χ0v) is 11.4.